The van der Waals surface area contributed by atoms with Crippen molar-refractivity contribution >= 4 is 5.91 Å². The van der Waals surface area contributed by atoms with Crippen LogP contribution < -0.4 is 4.74 Å². The molecule has 0 saturated carbocycles. The summed E-state index contributed by atoms with van der Waals surface area (Å²) in [6, 6.07) is 15.1. The highest BCUT2D eigenvalue weighted by Gasteiger charge is 2.26. The Balaban J connectivity index is 1.35. The third-order valence-electron chi connectivity index (χ3n) is 6.80. The average Bonchev–Trinajstić information content (AvgIpc) is 3.28. The summed E-state index contributed by atoms with van der Waals surface area (Å²) in [5.41, 5.74) is 1.68. The normalized spacial score (nSPS) is 19.5. The molecule has 0 unspecified atom stereocenters. The summed E-state index contributed by atoms with van der Waals surface area (Å²) < 4.78 is 19.9. The van der Waals surface area contributed by atoms with E-state index < -0.39 is 11.8 Å². The zero-order chi connectivity index (χ0) is 25.0. The number of amides is 1. The van der Waals surface area contributed by atoms with Crippen LogP contribution in [0.5, 0.6) is 5.75 Å². The molecule has 0 aliphatic carbocycles. The Hall–Kier alpha value is -2.95. The van der Waals surface area contributed by atoms with Crippen LogP contribution in [0.15, 0.2) is 42.5 Å². The molecular formula is C28H34FN3O3. The highest BCUT2D eigenvalue weighted by atomic mass is 19.1. The maximum Gasteiger partial charge on any atom is 0.253 e. The van der Waals surface area contributed by atoms with Gasteiger partial charge in [-0.3, -0.25) is 4.79 Å². The summed E-state index contributed by atoms with van der Waals surface area (Å²) in [4.78, 5) is 16.4. The number of likely N-dealkylation sites (tertiary alicyclic amines) is 2. The number of rotatable bonds is 7. The van der Waals surface area contributed by atoms with E-state index in [4.69, 9.17) is 4.74 Å². The topological polar surface area (TPSA) is 76.8 Å². The van der Waals surface area contributed by atoms with E-state index in [9.17, 15) is 19.6 Å². The maximum atomic E-state index is 13.9. The van der Waals surface area contributed by atoms with Crippen LogP contribution in [0.25, 0.3) is 11.1 Å². The number of nitriles is 1. The number of piperidine rings is 1. The number of β-amino-alcohol motifs (C(OH)–C–C–N with tert-alkyl or cyclic N) is 1. The molecule has 0 bridgehead atoms. The van der Waals surface area contributed by atoms with Crippen LogP contribution in [0.2, 0.25) is 0 Å². The van der Waals surface area contributed by atoms with Crippen molar-refractivity contribution in [2.75, 3.05) is 39.3 Å². The Bertz CT molecular complexity index is 1070. The van der Waals surface area contributed by atoms with Gasteiger partial charge in [-0.1, -0.05) is 18.2 Å². The second kappa shape index (κ2) is 10.8. The Labute approximate surface area is 206 Å². The number of hydrogen-bond donors (Lipinski definition) is 1. The first-order valence-corrected chi connectivity index (χ1v) is 12.4. The van der Waals surface area contributed by atoms with E-state index >= 15 is 0 Å². The molecule has 2 aliphatic heterocycles. The molecule has 2 fully saturated rings. The second-order valence-electron chi connectivity index (χ2n) is 10.3. The fraction of sp³-hybridized carbons (Fsp3) is 0.500. The highest BCUT2D eigenvalue weighted by Crippen LogP contribution is 2.28. The monoisotopic (exact) mass is 479 g/mol. The fourth-order valence-electron chi connectivity index (χ4n) is 4.89. The van der Waals surface area contributed by atoms with Crippen LogP contribution in [-0.2, 0) is 0 Å². The molecule has 0 radical (unpaired) electrons. The van der Waals surface area contributed by atoms with E-state index in [1.54, 1.807) is 30.9 Å². The number of hydrogen-bond acceptors (Lipinski definition) is 5. The van der Waals surface area contributed by atoms with Gasteiger partial charge in [0.15, 0.2) is 0 Å². The summed E-state index contributed by atoms with van der Waals surface area (Å²) in [6.07, 6.45) is 2.09. The summed E-state index contributed by atoms with van der Waals surface area (Å²) in [7, 11) is 0. The SMILES string of the molecule is CC(C)(F)CN1CCC(COc2ccc(-c3ccc(C(=O)N4CC[C@@H](O)C4)cc3)cc2C#N)CC1. The molecule has 2 aliphatic rings. The third-order valence-corrected chi connectivity index (χ3v) is 6.80. The van der Waals surface area contributed by atoms with Gasteiger partial charge in [0, 0.05) is 25.2 Å². The molecule has 186 valence electrons. The number of carbonyl (C=O) groups is 1. The van der Waals surface area contributed by atoms with Crippen molar-refractivity contribution in [3.05, 3.63) is 53.6 Å². The minimum absolute atomic E-state index is 0.0752. The number of carbonyl (C=O) groups excluding carboxylic acids is 1. The molecule has 2 heterocycles. The van der Waals surface area contributed by atoms with E-state index in [0.717, 1.165) is 37.1 Å². The van der Waals surface area contributed by atoms with Crippen LogP contribution >= 0.6 is 0 Å². The number of ether oxygens (including phenoxy) is 1. The van der Waals surface area contributed by atoms with E-state index in [-0.39, 0.29) is 5.91 Å². The van der Waals surface area contributed by atoms with Crippen LogP contribution in [0, 0.1) is 17.2 Å². The van der Waals surface area contributed by atoms with Gasteiger partial charge in [-0.15, -0.1) is 0 Å². The van der Waals surface area contributed by atoms with Crippen LogP contribution in [0.4, 0.5) is 4.39 Å². The first-order valence-electron chi connectivity index (χ1n) is 12.4. The summed E-state index contributed by atoms with van der Waals surface area (Å²) in [5.74, 6) is 0.888. The molecule has 1 N–H and O–H groups in total. The zero-order valence-corrected chi connectivity index (χ0v) is 20.5. The molecule has 2 aromatic rings. The van der Waals surface area contributed by atoms with Gasteiger partial charge < -0.3 is 19.6 Å². The molecule has 35 heavy (non-hydrogen) atoms. The smallest absolute Gasteiger partial charge is 0.253 e. The summed E-state index contributed by atoms with van der Waals surface area (Å²) in [6.45, 7) is 6.91. The van der Waals surface area contributed by atoms with Gasteiger partial charge in [-0.05, 0) is 87.5 Å². The second-order valence-corrected chi connectivity index (χ2v) is 10.3. The Kier molecular flexibility index (Phi) is 7.73. The zero-order valence-electron chi connectivity index (χ0n) is 20.5. The van der Waals surface area contributed by atoms with Crippen molar-refractivity contribution < 1.29 is 19.0 Å². The molecule has 4 rings (SSSR count). The molecule has 7 heteroatoms. The minimum Gasteiger partial charge on any atom is -0.492 e. The van der Waals surface area contributed by atoms with Gasteiger partial charge >= 0.3 is 0 Å². The number of benzene rings is 2. The van der Waals surface area contributed by atoms with Crippen molar-refractivity contribution in [3.8, 4) is 22.9 Å². The number of alkyl halides is 1. The Morgan fingerprint density at radius 2 is 1.80 bits per heavy atom. The highest BCUT2D eigenvalue weighted by molar-refractivity contribution is 5.95. The largest absolute Gasteiger partial charge is 0.492 e. The van der Waals surface area contributed by atoms with E-state index in [2.05, 4.69) is 11.0 Å². The van der Waals surface area contributed by atoms with Gasteiger partial charge in [-0.25, -0.2) is 4.39 Å². The molecule has 1 atom stereocenters. The van der Waals surface area contributed by atoms with E-state index in [1.165, 1.54) is 0 Å². The Morgan fingerprint density at radius 3 is 2.40 bits per heavy atom. The van der Waals surface area contributed by atoms with Gasteiger partial charge in [0.2, 0.25) is 0 Å². The van der Waals surface area contributed by atoms with E-state index in [1.807, 2.05) is 30.3 Å². The van der Waals surface area contributed by atoms with Crippen molar-refractivity contribution in [2.45, 2.75) is 44.9 Å². The first kappa shape index (κ1) is 25.2. The van der Waals surface area contributed by atoms with Crippen molar-refractivity contribution in [3.63, 3.8) is 0 Å². The lowest BCUT2D eigenvalue weighted by atomic mass is 9.96. The minimum atomic E-state index is -1.18. The van der Waals surface area contributed by atoms with Crippen LogP contribution in [-0.4, -0.2) is 71.9 Å². The molecule has 6 nitrogen and oxygen atoms in total. The van der Waals surface area contributed by atoms with Gasteiger partial charge in [0.25, 0.3) is 5.91 Å². The molecule has 0 aromatic heterocycles. The lowest BCUT2D eigenvalue weighted by Crippen LogP contribution is -2.41. The van der Waals surface area contributed by atoms with Crippen molar-refractivity contribution in [1.82, 2.24) is 9.80 Å². The van der Waals surface area contributed by atoms with Gasteiger partial charge in [0.05, 0.1) is 18.3 Å². The number of aliphatic hydroxyl groups is 1. The molecule has 1 amide bonds. The maximum absolute atomic E-state index is 13.9. The van der Waals surface area contributed by atoms with Crippen LogP contribution in [0.3, 0.4) is 0 Å². The summed E-state index contributed by atoms with van der Waals surface area (Å²) >= 11 is 0. The molecule has 0 spiro atoms. The number of nitrogens with zero attached hydrogens (tertiary/aromatic N) is 3. The Morgan fingerprint density at radius 1 is 1.11 bits per heavy atom. The molecule has 2 saturated heterocycles. The predicted octanol–water partition coefficient (Wildman–Crippen LogP) is 4.27. The van der Waals surface area contributed by atoms with Gasteiger partial charge in [-0.2, -0.15) is 5.26 Å². The van der Waals surface area contributed by atoms with Crippen LogP contribution in [0.1, 0.15) is 49.0 Å². The quantitative estimate of drug-likeness (QED) is 0.642. The van der Waals surface area contributed by atoms with Crippen molar-refractivity contribution in [2.24, 2.45) is 5.92 Å². The lowest BCUT2D eigenvalue weighted by Gasteiger charge is -2.34. The number of halogens is 1. The summed E-state index contributed by atoms with van der Waals surface area (Å²) in [5, 5.41) is 19.4. The van der Waals surface area contributed by atoms with Crippen molar-refractivity contribution in [1.29, 1.82) is 5.26 Å². The molecular weight excluding hydrogens is 445 g/mol. The lowest BCUT2D eigenvalue weighted by molar-refractivity contribution is 0.0765. The fourth-order valence-corrected chi connectivity index (χ4v) is 4.89. The predicted molar refractivity (Wildman–Crippen MR) is 133 cm³/mol. The standard InChI is InChI=1S/C28H34FN3O3/c1-28(2,29)19-31-12-9-20(10-13-31)18-35-26-8-7-23(15-24(26)16-30)21-3-5-22(6-4-21)27(34)32-14-11-25(33)17-32/h3-8,15,20,25,33H,9-14,17-19H2,1-2H3/t25-/m1/s1. The van der Waals surface area contributed by atoms with Gasteiger partial charge in [0.1, 0.15) is 17.5 Å². The first-order chi connectivity index (χ1) is 16.7. The molecule has 2 aromatic carbocycles. The third kappa shape index (κ3) is 6.59. The average molecular weight is 480 g/mol. The van der Waals surface area contributed by atoms with E-state index in [0.29, 0.717) is 55.5 Å². The number of aliphatic hydroxyl groups excluding tert-OH is 1.